The molecule has 1 heterocycles. The summed E-state index contributed by atoms with van der Waals surface area (Å²) < 4.78 is 0. The fraction of sp³-hybridized carbons (Fsp3) is 0.143. The first-order chi connectivity index (χ1) is 8.53. The Hall–Kier alpha value is -1.36. The van der Waals surface area contributed by atoms with Crippen LogP contribution in [-0.4, -0.2) is 25.2 Å². The van der Waals surface area contributed by atoms with E-state index < -0.39 is 15.2 Å². The van der Waals surface area contributed by atoms with E-state index in [1.54, 1.807) is 0 Å². The molecule has 0 saturated carbocycles. The molecular formula is C14H15BO2Si. The van der Waals surface area contributed by atoms with E-state index in [2.05, 4.69) is 37.4 Å². The molecule has 4 heteroatoms. The topological polar surface area (TPSA) is 40.5 Å². The Bertz CT molecular complexity index is 623. The normalized spacial score (nSPS) is 15.1. The predicted molar refractivity (Wildman–Crippen MR) is 78.5 cm³/mol. The van der Waals surface area contributed by atoms with Crippen LogP contribution < -0.4 is 15.8 Å². The van der Waals surface area contributed by atoms with Gasteiger partial charge >= 0.3 is 7.12 Å². The molecule has 0 radical (unpaired) electrons. The van der Waals surface area contributed by atoms with E-state index >= 15 is 0 Å². The van der Waals surface area contributed by atoms with Crippen LogP contribution in [0.3, 0.4) is 0 Å². The average molecular weight is 254 g/mol. The maximum atomic E-state index is 9.58. The first kappa shape index (κ1) is 11.7. The summed E-state index contributed by atoms with van der Waals surface area (Å²) in [5, 5.41) is 21.7. The third-order valence-electron chi connectivity index (χ3n) is 3.89. The lowest BCUT2D eigenvalue weighted by Crippen LogP contribution is -2.58. The molecule has 2 aromatic carbocycles. The van der Waals surface area contributed by atoms with Gasteiger partial charge in [0.15, 0.2) is 0 Å². The second-order valence-electron chi connectivity index (χ2n) is 5.31. The molecule has 1 aliphatic rings. The highest BCUT2D eigenvalue weighted by Gasteiger charge is 2.40. The number of hydrogen-bond donors (Lipinski definition) is 2. The lowest BCUT2D eigenvalue weighted by Gasteiger charge is -2.21. The fourth-order valence-corrected chi connectivity index (χ4v) is 6.60. The summed E-state index contributed by atoms with van der Waals surface area (Å²) in [4.78, 5) is 0. The van der Waals surface area contributed by atoms with Crippen LogP contribution in [0.4, 0.5) is 0 Å². The van der Waals surface area contributed by atoms with Crippen LogP contribution in [0, 0.1) is 0 Å². The van der Waals surface area contributed by atoms with Crippen molar-refractivity contribution in [3.63, 3.8) is 0 Å². The van der Waals surface area contributed by atoms with E-state index in [1.165, 1.54) is 21.5 Å². The van der Waals surface area contributed by atoms with Crippen molar-refractivity contribution in [3.05, 3.63) is 42.5 Å². The standard InChI is InChI=1S/C14H15BO2Si/c1-18(2)13-9-4-3-6-10(13)11-7-5-8-12(14(11)18)15(16)17/h3-9,16-17H,1-2H3. The van der Waals surface area contributed by atoms with Gasteiger partial charge in [0, 0.05) is 0 Å². The highest BCUT2D eigenvalue weighted by molar-refractivity contribution is 7.06. The predicted octanol–water partition coefficient (Wildman–Crippen LogP) is 0.169. The highest BCUT2D eigenvalue weighted by atomic mass is 28.3. The Kier molecular flexibility index (Phi) is 2.48. The van der Waals surface area contributed by atoms with Crippen LogP contribution in [-0.2, 0) is 0 Å². The molecule has 0 spiro atoms. The van der Waals surface area contributed by atoms with Gasteiger partial charge in [-0.2, -0.15) is 0 Å². The Labute approximate surface area is 108 Å². The van der Waals surface area contributed by atoms with Crippen molar-refractivity contribution in [1.82, 2.24) is 0 Å². The lowest BCUT2D eigenvalue weighted by molar-refractivity contribution is 0.426. The Morgan fingerprint density at radius 2 is 1.56 bits per heavy atom. The van der Waals surface area contributed by atoms with Gasteiger partial charge in [0.2, 0.25) is 0 Å². The van der Waals surface area contributed by atoms with Gasteiger partial charge in [0.1, 0.15) is 8.07 Å². The zero-order valence-corrected chi connectivity index (χ0v) is 11.5. The van der Waals surface area contributed by atoms with Gasteiger partial charge in [0.25, 0.3) is 0 Å². The minimum atomic E-state index is -1.81. The van der Waals surface area contributed by atoms with Gasteiger partial charge in [-0.3, -0.25) is 0 Å². The van der Waals surface area contributed by atoms with Crippen LogP contribution in [0.25, 0.3) is 11.1 Å². The second kappa shape index (κ2) is 3.82. The second-order valence-corrected chi connectivity index (χ2v) is 9.60. The first-order valence-electron chi connectivity index (χ1n) is 6.13. The molecule has 0 saturated heterocycles. The smallest absolute Gasteiger partial charge is 0.423 e. The van der Waals surface area contributed by atoms with Crippen molar-refractivity contribution >= 4 is 31.0 Å². The summed E-state index contributed by atoms with van der Waals surface area (Å²) in [6.45, 7) is 4.53. The molecule has 3 rings (SSSR count). The van der Waals surface area contributed by atoms with Gasteiger partial charge < -0.3 is 10.0 Å². The first-order valence-corrected chi connectivity index (χ1v) is 9.13. The molecule has 0 unspecified atom stereocenters. The maximum Gasteiger partial charge on any atom is 0.488 e. The van der Waals surface area contributed by atoms with Crippen LogP contribution in [0.5, 0.6) is 0 Å². The summed E-state index contributed by atoms with van der Waals surface area (Å²) in [7, 11) is -3.20. The number of rotatable bonds is 1. The molecule has 18 heavy (non-hydrogen) atoms. The van der Waals surface area contributed by atoms with E-state index in [9.17, 15) is 10.0 Å². The summed E-state index contributed by atoms with van der Waals surface area (Å²) in [5.74, 6) is 0. The molecule has 2 N–H and O–H groups in total. The van der Waals surface area contributed by atoms with Gasteiger partial charge in [-0.25, -0.2) is 0 Å². The van der Waals surface area contributed by atoms with E-state index in [0.717, 1.165) is 0 Å². The summed E-state index contributed by atoms with van der Waals surface area (Å²) in [6, 6.07) is 14.2. The Morgan fingerprint density at radius 1 is 0.889 bits per heavy atom. The third-order valence-corrected chi connectivity index (χ3v) is 7.48. The van der Waals surface area contributed by atoms with Gasteiger partial charge in [-0.15, -0.1) is 0 Å². The SMILES string of the molecule is C[Si]1(C)c2ccccc2-c2cccc(B(O)O)c21. The van der Waals surface area contributed by atoms with Crippen LogP contribution in [0.2, 0.25) is 13.1 Å². The lowest BCUT2D eigenvalue weighted by atomic mass is 9.79. The van der Waals surface area contributed by atoms with Crippen LogP contribution >= 0.6 is 0 Å². The molecule has 0 amide bonds. The van der Waals surface area contributed by atoms with Crippen molar-refractivity contribution in [2.24, 2.45) is 0 Å². The molecule has 1 aliphatic heterocycles. The minimum absolute atomic E-state index is 0.667. The van der Waals surface area contributed by atoms with Gasteiger partial charge in [0.05, 0.1) is 0 Å². The highest BCUT2D eigenvalue weighted by Crippen LogP contribution is 2.26. The summed E-state index contributed by atoms with van der Waals surface area (Å²) in [6.07, 6.45) is 0. The van der Waals surface area contributed by atoms with Crippen molar-refractivity contribution in [2.45, 2.75) is 13.1 Å². The molecule has 0 fully saturated rings. The number of hydrogen-bond acceptors (Lipinski definition) is 2. The molecular weight excluding hydrogens is 239 g/mol. The maximum absolute atomic E-state index is 9.58. The Morgan fingerprint density at radius 3 is 2.28 bits per heavy atom. The molecule has 0 bridgehead atoms. The van der Waals surface area contributed by atoms with Crippen LogP contribution in [0.1, 0.15) is 0 Å². The fourth-order valence-electron chi connectivity index (χ4n) is 3.10. The number of fused-ring (bicyclic) bond motifs is 3. The summed E-state index contributed by atoms with van der Waals surface area (Å²) in [5.41, 5.74) is 3.10. The number of benzene rings is 2. The van der Waals surface area contributed by atoms with E-state index in [1.807, 2.05) is 18.2 Å². The monoisotopic (exact) mass is 254 g/mol. The minimum Gasteiger partial charge on any atom is -0.423 e. The molecule has 2 nitrogen and oxygen atoms in total. The van der Waals surface area contributed by atoms with Crippen molar-refractivity contribution in [2.75, 3.05) is 0 Å². The van der Waals surface area contributed by atoms with Crippen molar-refractivity contribution in [1.29, 1.82) is 0 Å². The van der Waals surface area contributed by atoms with Gasteiger partial charge in [-0.1, -0.05) is 55.6 Å². The molecule has 0 aromatic heterocycles. The van der Waals surface area contributed by atoms with Crippen molar-refractivity contribution in [3.8, 4) is 11.1 Å². The van der Waals surface area contributed by atoms with Crippen molar-refractivity contribution < 1.29 is 10.0 Å². The third kappa shape index (κ3) is 1.43. The molecule has 2 aromatic rings. The molecule has 0 aliphatic carbocycles. The molecule has 90 valence electrons. The van der Waals surface area contributed by atoms with Gasteiger partial charge in [-0.05, 0) is 27.0 Å². The zero-order chi connectivity index (χ0) is 12.9. The summed E-state index contributed by atoms with van der Waals surface area (Å²) >= 11 is 0. The zero-order valence-electron chi connectivity index (χ0n) is 10.5. The quantitative estimate of drug-likeness (QED) is 0.712. The largest absolute Gasteiger partial charge is 0.488 e. The van der Waals surface area contributed by atoms with E-state index in [4.69, 9.17) is 0 Å². The van der Waals surface area contributed by atoms with Crippen LogP contribution in [0.15, 0.2) is 42.5 Å². The average Bonchev–Trinajstić information content (AvgIpc) is 2.60. The molecule has 0 atom stereocenters. The van der Waals surface area contributed by atoms with E-state index in [0.29, 0.717) is 5.46 Å². The Balaban J connectivity index is 2.38. The van der Waals surface area contributed by atoms with E-state index in [-0.39, 0.29) is 0 Å².